The summed E-state index contributed by atoms with van der Waals surface area (Å²) in [6.07, 6.45) is 0. The molecule has 0 N–H and O–H groups in total. The van der Waals surface area contributed by atoms with E-state index in [1.807, 2.05) is 45.2 Å². The highest BCUT2D eigenvalue weighted by Gasteiger charge is 2.10. The Bertz CT molecular complexity index is 663. The van der Waals surface area contributed by atoms with Crippen molar-refractivity contribution in [2.45, 2.75) is 0 Å². The number of rotatable bonds is 2. The van der Waals surface area contributed by atoms with Gasteiger partial charge >= 0.3 is 0 Å². The van der Waals surface area contributed by atoms with E-state index in [2.05, 4.69) is 45.2 Å². The molecule has 2 rings (SSSR count). The lowest BCUT2D eigenvalue weighted by molar-refractivity contribution is -0.386. The maximum absolute atomic E-state index is 10.3. The van der Waals surface area contributed by atoms with Crippen LogP contribution < -0.4 is 0 Å². The molecule has 6 nitrogen and oxygen atoms in total. The van der Waals surface area contributed by atoms with Crippen molar-refractivity contribution in [1.29, 1.82) is 0 Å². The van der Waals surface area contributed by atoms with Gasteiger partial charge in [0.1, 0.15) is 0 Å². The van der Waals surface area contributed by atoms with Gasteiger partial charge < -0.3 is 0 Å². The summed E-state index contributed by atoms with van der Waals surface area (Å²) in [7, 11) is 0. The van der Waals surface area contributed by atoms with Gasteiger partial charge in [-0.1, -0.05) is 0 Å². The van der Waals surface area contributed by atoms with Crippen molar-refractivity contribution in [3.63, 3.8) is 0 Å². The van der Waals surface area contributed by atoms with Crippen LogP contribution in [0.4, 0.5) is 11.4 Å². The van der Waals surface area contributed by atoms with Gasteiger partial charge in [0, 0.05) is 19.3 Å². The molecule has 0 saturated carbocycles. The molecule has 0 unspecified atom stereocenters. The Morgan fingerprint density at radius 2 is 1.00 bits per heavy atom. The van der Waals surface area contributed by atoms with Gasteiger partial charge in [-0.3, -0.25) is 20.2 Å². The summed E-state index contributed by atoms with van der Waals surface area (Å²) in [5, 5.41) is 20.7. The van der Waals surface area contributed by atoms with E-state index in [0.717, 1.165) is 7.14 Å². The van der Waals surface area contributed by atoms with Crippen molar-refractivity contribution in [3.05, 3.63) is 70.9 Å². The lowest BCUT2D eigenvalue weighted by atomic mass is 10.3. The average molecular weight is 750 g/mol. The first-order valence-electron chi connectivity index (χ1n) is 5.41. The maximum Gasteiger partial charge on any atom is 0.282 e. The van der Waals surface area contributed by atoms with Gasteiger partial charge in [-0.25, -0.2) is 0 Å². The molecule has 0 heterocycles. The van der Waals surface area contributed by atoms with Gasteiger partial charge in [0.05, 0.1) is 17.0 Å². The Labute approximate surface area is 180 Å². The molecular formula is C12H6I4N2O4. The number of halogens is 4. The molecule has 0 aromatic heterocycles. The van der Waals surface area contributed by atoms with E-state index in [-0.39, 0.29) is 21.2 Å². The molecule has 0 amide bonds. The van der Waals surface area contributed by atoms with Gasteiger partial charge in [-0.05, 0) is 115 Å². The zero-order chi connectivity index (χ0) is 16.9. The van der Waals surface area contributed by atoms with E-state index in [1.165, 1.54) is 12.1 Å². The van der Waals surface area contributed by atoms with E-state index in [0.29, 0.717) is 7.14 Å². The molecule has 0 aliphatic carbocycles. The van der Waals surface area contributed by atoms with E-state index < -0.39 is 0 Å². The summed E-state index contributed by atoms with van der Waals surface area (Å²) in [5.41, 5.74) is 0.344. The van der Waals surface area contributed by atoms with Crippen LogP contribution >= 0.6 is 90.4 Å². The molecule has 2 aromatic rings. The van der Waals surface area contributed by atoms with Crippen LogP contribution in [-0.4, -0.2) is 9.85 Å². The molecule has 0 aliphatic rings. The molecule has 116 valence electrons. The molecule has 0 bridgehead atoms. The van der Waals surface area contributed by atoms with Crippen LogP contribution in [0.5, 0.6) is 0 Å². The number of nitrogens with zero attached hydrogens (tertiary/aromatic N) is 2. The number of nitro groups is 2. The topological polar surface area (TPSA) is 86.3 Å². The zero-order valence-corrected chi connectivity index (χ0v) is 19.1. The highest BCUT2D eigenvalue weighted by Crippen LogP contribution is 2.23. The van der Waals surface area contributed by atoms with Crippen molar-refractivity contribution >= 4 is 102 Å². The fourth-order valence-electron chi connectivity index (χ4n) is 1.26. The van der Waals surface area contributed by atoms with Gasteiger partial charge in [0.2, 0.25) is 0 Å². The first-order valence-corrected chi connectivity index (χ1v) is 9.72. The smallest absolute Gasteiger partial charge is 0.258 e. The highest BCUT2D eigenvalue weighted by atomic mass is 127. The van der Waals surface area contributed by atoms with E-state index in [1.54, 1.807) is 24.3 Å². The molecule has 2 aromatic carbocycles. The van der Waals surface area contributed by atoms with Gasteiger partial charge in [-0.2, -0.15) is 0 Å². The summed E-state index contributed by atoms with van der Waals surface area (Å²) in [6.45, 7) is 0. The van der Waals surface area contributed by atoms with Crippen molar-refractivity contribution in [2.24, 2.45) is 0 Å². The Hall–Kier alpha value is 0.160. The first kappa shape index (κ1) is 20.2. The van der Waals surface area contributed by atoms with Crippen molar-refractivity contribution in [3.8, 4) is 0 Å². The van der Waals surface area contributed by atoms with E-state index in [4.69, 9.17) is 0 Å². The number of hydrogen-bond donors (Lipinski definition) is 0. The van der Waals surface area contributed by atoms with Crippen LogP contribution in [-0.2, 0) is 0 Å². The van der Waals surface area contributed by atoms with Gasteiger partial charge in [0.25, 0.3) is 11.4 Å². The van der Waals surface area contributed by atoms with Crippen molar-refractivity contribution in [2.75, 3.05) is 0 Å². The second kappa shape index (κ2) is 9.45. The minimum absolute atomic E-state index is 0.172. The summed E-state index contributed by atoms with van der Waals surface area (Å²) in [6, 6.07) is 10.0. The SMILES string of the molecule is O=[N+]([O-])c1ccc(I)cc1I.O=[N+]([O-])c1ccc(I)cc1I. The summed E-state index contributed by atoms with van der Waals surface area (Å²) in [4.78, 5) is 19.9. The number of nitro benzene ring substituents is 2. The minimum Gasteiger partial charge on any atom is -0.258 e. The third kappa shape index (κ3) is 6.34. The molecular weight excluding hydrogens is 744 g/mol. The van der Waals surface area contributed by atoms with Gasteiger partial charge in [-0.15, -0.1) is 0 Å². The molecule has 22 heavy (non-hydrogen) atoms. The average Bonchev–Trinajstić information content (AvgIpc) is 2.38. The normalized spacial score (nSPS) is 9.64. The second-order valence-electron chi connectivity index (χ2n) is 3.71. The van der Waals surface area contributed by atoms with Crippen LogP contribution in [0.3, 0.4) is 0 Å². The lowest BCUT2D eigenvalue weighted by Gasteiger charge is -1.94. The Balaban J connectivity index is 0.000000220. The highest BCUT2D eigenvalue weighted by molar-refractivity contribution is 14.1. The lowest BCUT2D eigenvalue weighted by Crippen LogP contribution is -1.90. The third-order valence-corrected chi connectivity index (χ3v) is 5.28. The monoisotopic (exact) mass is 750 g/mol. The second-order valence-corrected chi connectivity index (χ2v) is 8.52. The standard InChI is InChI=1S/2C6H3I2NO2/c2*7-4-1-2-6(9(10)11)5(8)3-4/h2*1-3H. The molecule has 0 fully saturated rings. The number of benzene rings is 2. The summed E-state index contributed by atoms with van der Waals surface area (Å²) in [5.74, 6) is 0. The third-order valence-electron chi connectivity index (χ3n) is 2.21. The Kier molecular flexibility index (Phi) is 8.68. The Morgan fingerprint density at radius 1 is 0.682 bits per heavy atom. The predicted octanol–water partition coefficient (Wildman–Crippen LogP) is 5.61. The largest absolute Gasteiger partial charge is 0.282 e. The summed E-state index contributed by atoms with van der Waals surface area (Å²) >= 11 is 8.15. The van der Waals surface area contributed by atoms with E-state index >= 15 is 0 Å². The van der Waals surface area contributed by atoms with Crippen LogP contribution in [0.15, 0.2) is 36.4 Å². The molecule has 0 aliphatic heterocycles. The maximum atomic E-state index is 10.3. The van der Waals surface area contributed by atoms with Crippen molar-refractivity contribution in [1.82, 2.24) is 0 Å². The van der Waals surface area contributed by atoms with Gasteiger partial charge in [0.15, 0.2) is 0 Å². The van der Waals surface area contributed by atoms with Crippen LogP contribution in [0.25, 0.3) is 0 Å². The molecule has 10 heteroatoms. The van der Waals surface area contributed by atoms with E-state index in [9.17, 15) is 20.2 Å². The van der Waals surface area contributed by atoms with Crippen LogP contribution in [0.1, 0.15) is 0 Å². The predicted molar refractivity (Wildman–Crippen MR) is 117 cm³/mol. The molecule has 0 radical (unpaired) electrons. The zero-order valence-electron chi connectivity index (χ0n) is 10.5. The fourth-order valence-corrected chi connectivity index (χ4v) is 4.86. The number of hydrogen-bond acceptors (Lipinski definition) is 4. The summed E-state index contributed by atoms with van der Waals surface area (Å²) < 4.78 is 3.38. The van der Waals surface area contributed by atoms with Crippen LogP contribution in [0, 0.1) is 34.5 Å². The van der Waals surface area contributed by atoms with Crippen LogP contribution in [0.2, 0.25) is 0 Å². The molecule has 0 saturated heterocycles. The minimum atomic E-state index is -0.377. The Morgan fingerprint density at radius 3 is 1.23 bits per heavy atom. The van der Waals surface area contributed by atoms with Crippen molar-refractivity contribution < 1.29 is 9.85 Å². The molecule has 0 spiro atoms. The molecule has 0 atom stereocenters. The fraction of sp³-hybridized carbons (Fsp3) is 0. The first-order chi connectivity index (χ1) is 10.2. The quantitative estimate of drug-likeness (QED) is 0.227.